The lowest BCUT2D eigenvalue weighted by atomic mass is 10.2. The molecule has 0 heterocycles. The third kappa shape index (κ3) is 7.22. The van der Waals surface area contributed by atoms with Gasteiger partial charge in [0.05, 0.1) is 6.07 Å². The molecule has 0 radical (unpaired) electrons. The van der Waals surface area contributed by atoms with E-state index >= 15 is 0 Å². The van der Waals surface area contributed by atoms with E-state index in [2.05, 4.69) is 28.9 Å². The van der Waals surface area contributed by atoms with E-state index in [-0.39, 0.29) is 6.03 Å². The van der Waals surface area contributed by atoms with Crippen molar-refractivity contribution in [3.05, 3.63) is 0 Å². The molecule has 12 heavy (non-hydrogen) atoms. The van der Waals surface area contributed by atoms with Crippen LogP contribution < -0.4 is 10.0 Å². The van der Waals surface area contributed by atoms with Crippen LogP contribution in [0.15, 0.2) is 0 Å². The number of urea groups is 1. The van der Waals surface area contributed by atoms with E-state index < -0.39 is 0 Å². The van der Waals surface area contributed by atoms with Crippen molar-refractivity contribution in [2.24, 2.45) is 0 Å². The Balaban J connectivity index is 3.01. The number of unbranched alkanes of at least 4 members (excludes halogenated alkanes) is 3. The lowest BCUT2D eigenvalue weighted by Crippen LogP contribution is -2.30. The number of nitriles is 1. The van der Waals surface area contributed by atoms with Crippen LogP contribution in [0.4, 0.5) is 4.79 Å². The van der Waals surface area contributed by atoms with Crippen LogP contribution >= 0.6 is 12.8 Å². The Labute approximate surface area is 77.9 Å². The molecule has 0 aliphatic carbocycles. The third-order valence-electron chi connectivity index (χ3n) is 1.35. The van der Waals surface area contributed by atoms with Crippen molar-refractivity contribution in [1.29, 1.82) is 5.26 Å². The van der Waals surface area contributed by atoms with Crippen LogP contribution in [0.1, 0.15) is 25.7 Å². The Morgan fingerprint density at radius 1 is 1.42 bits per heavy atom. The fourth-order valence-electron chi connectivity index (χ4n) is 0.747. The number of rotatable bonds is 5. The predicted molar refractivity (Wildman–Crippen MR) is 49.6 cm³/mol. The maximum atomic E-state index is 10.5. The third-order valence-corrected chi connectivity index (χ3v) is 1.56. The average molecular weight is 187 g/mol. The molecule has 5 heteroatoms. The van der Waals surface area contributed by atoms with Crippen LogP contribution in [-0.4, -0.2) is 12.6 Å². The van der Waals surface area contributed by atoms with Gasteiger partial charge in [0.15, 0.2) is 0 Å². The van der Waals surface area contributed by atoms with Gasteiger partial charge < -0.3 is 5.32 Å². The quantitative estimate of drug-likeness (QED) is 0.447. The number of amides is 2. The van der Waals surface area contributed by atoms with E-state index in [1.165, 1.54) is 0 Å². The van der Waals surface area contributed by atoms with Gasteiger partial charge in [0.1, 0.15) is 0 Å². The van der Waals surface area contributed by atoms with Crippen molar-refractivity contribution in [1.82, 2.24) is 10.0 Å². The van der Waals surface area contributed by atoms with E-state index in [1.54, 1.807) is 0 Å². The zero-order valence-electron chi connectivity index (χ0n) is 6.84. The van der Waals surface area contributed by atoms with Crippen LogP contribution in [0.2, 0.25) is 0 Å². The first-order valence-corrected chi connectivity index (χ1v) is 4.31. The highest BCUT2D eigenvalue weighted by Crippen LogP contribution is 1.96. The minimum absolute atomic E-state index is 0.279. The molecular weight excluding hydrogens is 174 g/mol. The van der Waals surface area contributed by atoms with Crippen LogP contribution in [-0.2, 0) is 0 Å². The van der Waals surface area contributed by atoms with E-state index in [1.807, 2.05) is 0 Å². The Morgan fingerprint density at radius 2 is 2.17 bits per heavy atom. The SMILES string of the molecule is N#CCCCCCNC(=O)NS. The zero-order valence-corrected chi connectivity index (χ0v) is 7.73. The number of thiol groups is 1. The first-order chi connectivity index (χ1) is 5.81. The smallest absolute Gasteiger partial charge is 0.324 e. The zero-order chi connectivity index (χ0) is 9.23. The number of carbonyl (C=O) groups is 1. The van der Waals surface area contributed by atoms with E-state index in [9.17, 15) is 4.79 Å². The highest BCUT2D eigenvalue weighted by molar-refractivity contribution is 7.78. The van der Waals surface area contributed by atoms with Gasteiger partial charge in [-0.25, -0.2) is 4.79 Å². The highest BCUT2D eigenvalue weighted by Gasteiger charge is 1.94. The first kappa shape index (κ1) is 11.1. The summed E-state index contributed by atoms with van der Waals surface area (Å²) in [6, 6.07) is 1.79. The second-order valence-corrected chi connectivity index (χ2v) is 2.56. The lowest BCUT2D eigenvalue weighted by Gasteiger charge is -2.01. The molecule has 68 valence electrons. The van der Waals surface area contributed by atoms with Crippen molar-refractivity contribution in [2.75, 3.05) is 6.54 Å². The first-order valence-electron chi connectivity index (χ1n) is 3.86. The van der Waals surface area contributed by atoms with Crippen molar-refractivity contribution < 1.29 is 4.79 Å². The molecule has 0 aromatic heterocycles. The van der Waals surface area contributed by atoms with Gasteiger partial charge in [0.25, 0.3) is 0 Å². The van der Waals surface area contributed by atoms with Gasteiger partial charge in [-0.2, -0.15) is 5.26 Å². The fourth-order valence-corrected chi connectivity index (χ4v) is 0.826. The van der Waals surface area contributed by atoms with Crippen molar-refractivity contribution in [3.63, 3.8) is 0 Å². The van der Waals surface area contributed by atoms with Crippen molar-refractivity contribution in [3.8, 4) is 6.07 Å². The second kappa shape index (κ2) is 8.21. The molecule has 0 aromatic rings. The summed E-state index contributed by atoms with van der Waals surface area (Å²) in [4.78, 5) is 10.5. The molecule has 0 aliphatic rings. The molecule has 2 N–H and O–H groups in total. The van der Waals surface area contributed by atoms with Crippen LogP contribution in [0, 0.1) is 11.3 Å². The monoisotopic (exact) mass is 187 g/mol. The molecule has 0 saturated carbocycles. The summed E-state index contributed by atoms with van der Waals surface area (Å²) < 4.78 is 2.16. The highest BCUT2D eigenvalue weighted by atomic mass is 32.1. The summed E-state index contributed by atoms with van der Waals surface area (Å²) in [6.07, 6.45) is 3.38. The molecule has 0 aliphatic heterocycles. The number of carbonyl (C=O) groups excluding carboxylic acids is 1. The lowest BCUT2D eigenvalue weighted by molar-refractivity contribution is 0.246. The van der Waals surface area contributed by atoms with E-state index in [0.717, 1.165) is 19.3 Å². The number of hydrogen-bond donors (Lipinski definition) is 3. The van der Waals surface area contributed by atoms with Gasteiger partial charge in [-0.1, -0.05) is 19.2 Å². The number of hydrogen-bond acceptors (Lipinski definition) is 3. The van der Waals surface area contributed by atoms with Crippen molar-refractivity contribution >= 4 is 18.8 Å². The van der Waals surface area contributed by atoms with Gasteiger partial charge in [-0.05, 0) is 12.8 Å². The summed E-state index contributed by atoms with van der Waals surface area (Å²) in [5.74, 6) is 0. The minimum atomic E-state index is -0.279. The molecule has 4 nitrogen and oxygen atoms in total. The Morgan fingerprint density at radius 3 is 2.75 bits per heavy atom. The maximum absolute atomic E-state index is 10.5. The van der Waals surface area contributed by atoms with Gasteiger partial charge in [-0.15, -0.1) is 0 Å². The van der Waals surface area contributed by atoms with E-state index in [0.29, 0.717) is 13.0 Å². The van der Waals surface area contributed by atoms with E-state index in [4.69, 9.17) is 5.26 Å². The largest absolute Gasteiger partial charge is 0.337 e. The molecule has 0 atom stereocenters. The molecule has 0 unspecified atom stereocenters. The average Bonchev–Trinajstić information content (AvgIpc) is 2.10. The number of nitrogens with zero attached hydrogens (tertiary/aromatic N) is 1. The standard InChI is InChI=1S/C7H13N3OS/c8-5-3-1-2-4-6-9-7(11)10-12/h12H,1-4,6H2,(H2,9,10,11). The summed E-state index contributed by atoms with van der Waals surface area (Å²) in [5.41, 5.74) is 0. The van der Waals surface area contributed by atoms with Crippen LogP contribution in [0.25, 0.3) is 0 Å². The minimum Gasteiger partial charge on any atom is -0.337 e. The van der Waals surface area contributed by atoms with Crippen LogP contribution in [0.3, 0.4) is 0 Å². The normalized spacial score (nSPS) is 8.67. The molecule has 0 bridgehead atoms. The Hall–Kier alpha value is -0.890. The molecule has 0 spiro atoms. The molecule has 0 rings (SSSR count). The maximum Gasteiger partial charge on any atom is 0.324 e. The summed E-state index contributed by atoms with van der Waals surface area (Å²) >= 11 is 3.57. The van der Waals surface area contributed by atoms with Gasteiger partial charge in [0, 0.05) is 13.0 Å². The molecule has 0 fully saturated rings. The molecule has 0 aromatic carbocycles. The molecule has 0 saturated heterocycles. The summed E-state index contributed by atoms with van der Waals surface area (Å²) in [6.45, 7) is 0.637. The molecule has 2 amide bonds. The summed E-state index contributed by atoms with van der Waals surface area (Å²) in [7, 11) is 0. The van der Waals surface area contributed by atoms with Gasteiger partial charge >= 0.3 is 6.03 Å². The van der Waals surface area contributed by atoms with Gasteiger partial charge in [0.2, 0.25) is 0 Å². The Bertz CT molecular complexity index is 167. The van der Waals surface area contributed by atoms with Crippen LogP contribution in [0.5, 0.6) is 0 Å². The van der Waals surface area contributed by atoms with Crippen molar-refractivity contribution in [2.45, 2.75) is 25.7 Å². The fraction of sp³-hybridized carbons (Fsp3) is 0.714. The second-order valence-electron chi connectivity index (χ2n) is 2.34. The van der Waals surface area contributed by atoms with Gasteiger partial charge in [-0.3, -0.25) is 4.72 Å². The summed E-state index contributed by atoms with van der Waals surface area (Å²) in [5, 5.41) is 10.8. The topological polar surface area (TPSA) is 64.9 Å². The molecular formula is C7H13N3OS. The number of nitrogens with one attached hydrogen (secondary N) is 2. The predicted octanol–water partition coefficient (Wildman–Crippen LogP) is 1.21. The Kier molecular flexibility index (Phi) is 7.60.